The Morgan fingerprint density at radius 3 is 2.67 bits per heavy atom. The maximum atomic E-state index is 11.0. The zero-order valence-electron chi connectivity index (χ0n) is 10.8. The maximum Gasteiger partial charge on any atom is 0.407 e. The van der Waals surface area contributed by atoms with Crippen LogP contribution in [0.1, 0.15) is 39.0 Å². The Kier molecular flexibility index (Phi) is 5.91. The smallest absolute Gasteiger partial charge is 0.407 e. The molecule has 1 amide bonds. The molecule has 18 heavy (non-hydrogen) atoms. The number of carboxylic acids is 1. The predicted octanol–water partition coefficient (Wildman–Crippen LogP) is 1.36. The van der Waals surface area contributed by atoms with E-state index in [4.69, 9.17) is 10.2 Å². The van der Waals surface area contributed by atoms with E-state index in [0.717, 1.165) is 25.8 Å². The van der Waals surface area contributed by atoms with Crippen molar-refractivity contribution in [1.82, 2.24) is 10.2 Å². The normalized spacial score (nSPS) is 23.9. The second-order valence-electron chi connectivity index (χ2n) is 4.76. The number of carbonyl (C=O) groups is 2. The number of aliphatic carboxylic acids is 1. The summed E-state index contributed by atoms with van der Waals surface area (Å²) >= 11 is 0. The molecule has 2 unspecified atom stereocenters. The van der Waals surface area contributed by atoms with Crippen molar-refractivity contribution < 1.29 is 19.8 Å². The minimum atomic E-state index is -1.02. The van der Waals surface area contributed by atoms with Crippen LogP contribution in [0.3, 0.4) is 0 Å². The van der Waals surface area contributed by atoms with Gasteiger partial charge in [0.05, 0.1) is 6.42 Å². The van der Waals surface area contributed by atoms with Gasteiger partial charge in [0.2, 0.25) is 0 Å². The minimum absolute atomic E-state index is 0.113. The third-order valence-corrected chi connectivity index (χ3v) is 3.34. The molecule has 104 valence electrons. The zero-order chi connectivity index (χ0) is 13.5. The van der Waals surface area contributed by atoms with E-state index in [1.807, 2.05) is 0 Å². The van der Waals surface area contributed by atoms with E-state index >= 15 is 0 Å². The molecule has 1 rings (SSSR count). The van der Waals surface area contributed by atoms with Crippen LogP contribution in [-0.2, 0) is 4.79 Å². The van der Waals surface area contributed by atoms with Crippen molar-refractivity contribution in [3.63, 3.8) is 0 Å². The van der Waals surface area contributed by atoms with Crippen LogP contribution in [0.5, 0.6) is 0 Å². The Morgan fingerprint density at radius 2 is 2.11 bits per heavy atom. The van der Waals surface area contributed by atoms with Crippen molar-refractivity contribution >= 4 is 12.1 Å². The highest BCUT2D eigenvalue weighted by Crippen LogP contribution is 2.20. The number of rotatable bonds is 6. The monoisotopic (exact) mass is 258 g/mol. The van der Waals surface area contributed by atoms with Gasteiger partial charge in [-0.2, -0.15) is 0 Å². The van der Waals surface area contributed by atoms with Crippen LogP contribution in [0.25, 0.3) is 0 Å². The molecule has 0 saturated carbocycles. The van der Waals surface area contributed by atoms with Crippen molar-refractivity contribution in [2.75, 3.05) is 13.1 Å². The second kappa shape index (κ2) is 7.20. The van der Waals surface area contributed by atoms with Crippen molar-refractivity contribution in [3.8, 4) is 0 Å². The molecule has 0 aromatic rings. The van der Waals surface area contributed by atoms with E-state index in [0.29, 0.717) is 13.0 Å². The van der Waals surface area contributed by atoms with Crippen molar-refractivity contribution in [2.45, 2.75) is 51.1 Å². The van der Waals surface area contributed by atoms with Crippen LogP contribution in [-0.4, -0.2) is 52.3 Å². The fourth-order valence-electron chi connectivity index (χ4n) is 2.37. The van der Waals surface area contributed by atoms with Gasteiger partial charge in [-0.1, -0.05) is 13.3 Å². The van der Waals surface area contributed by atoms with E-state index < -0.39 is 18.1 Å². The topological polar surface area (TPSA) is 89.9 Å². The Labute approximate surface area is 107 Å². The quantitative estimate of drug-likeness (QED) is 0.626. The van der Waals surface area contributed by atoms with Crippen LogP contribution < -0.4 is 5.32 Å². The number of carboxylic acid groups (broad SMARTS) is 2. The molecule has 6 nitrogen and oxygen atoms in total. The molecule has 0 radical (unpaired) electrons. The molecule has 0 aromatic heterocycles. The molecule has 6 heteroatoms. The molecule has 0 spiro atoms. The molecular weight excluding hydrogens is 236 g/mol. The highest BCUT2D eigenvalue weighted by Gasteiger charge is 2.32. The van der Waals surface area contributed by atoms with Gasteiger partial charge in [0, 0.05) is 18.6 Å². The van der Waals surface area contributed by atoms with Gasteiger partial charge < -0.3 is 20.4 Å². The molecule has 1 saturated heterocycles. The molecular formula is C12H22N2O4. The van der Waals surface area contributed by atoms with Gasteiger partial charge in [-0.3, -0.25) is 4.79 Å². The molecule has 1 fully saturated rings. The molecule has 1 aliphatic heterocycles. The number of likely N-dealkylation sites (tertiary alicyclic amines) is 1. The molecule has 1 aliphatic rings. The van der Waals surface area contributed by atoms with E-state index in [1.165, 1.54) is 4.90 Å². The van der Waals surface area contributed by atoms with Crippen molar-refractivity contribution in [2.24, 2.45) is 0 Å². The van der Waals surface area contributed by atoms with Crippen LogP contribution in [0, 0.1) is 0 Å². The zero-order valence-corrected chi connectivity index (χ0v) is 10.8. The number of hydrogen-bond acceptors (Lipinski definition) is 3. The highest BCUT2D eigenvalue weighted by molar-refractivity contribution is 5.70. The summed E-state index contributed by atoms with van der Waals surface area (Å²) in [5.74, 6) is -0.944. The first-order valence-electron chi connectivity index (χ1n) is 6.49. The third-order valence-electron chi connectivity index (χ3n) is 3.34. The van der Waals surface area contributed by atoms with Crippen molar-refractivity contribution in [1.29, 1.82) is 0 Å². The van der Waals surface area contributed by atoms with Gasteiger partial charge in [0.15, 0.2) is 0 Å². The van der Waals surface area contributed by atoms with E-state index in [-0.39, 0.29) is 12.5 Å². The number of unbranched alkanes of at least 4 members (excludes halogenated alkanes) is 1. The second-order valence-corrected chi connectivity index (χ2v) is 4.76. The summed E-state index contributed by atoms with van der Waals surface area (Å²) in [5.41, 5.74) is 0. The summed E-state index contributed by atoms with van der Waals surface area (Å²) < 4.78 is 0. The molecule has 0 aromatic carbocycles. The summed E-state index contributed by atoms with van der Waals surface area (Å²) in [6.07, 6.45) is 2.41. The first kappa shape index (κ1) is 14.8. The SMILES string of the molecule is CCCCNC1CCN(C(=O)O)C(CC(=O)O)C1. The average molecular weight is 258 g/mol. The number of piperidine rings is 1. The Bertz CT molecular complexity index is 296. The van der Waals surface area contributed by atoms with E-state index in [9.17, 15) is 9.59 Å². The Hall–Kier alpha value is -1.30. The lowest BCUT2D eigenvalue weighted by Gasteiger charge is -2.37. The van der Waals surface area contributed by atoms with E-state index in [2.05, 4.69) is 12.2 Å². The van der Waals surface area contributed by atoms with Crippen LogP contribution in [0.2, 0.25) is 0 Å². The first-order valence-corrected chi connectivity index (χ1v) is 6.49. The van der Waals surface area contributed by atoms with Crippen LogP contribution >= 0.6 is 0 Å². The number of amides is 1. The fraction of sp³-hybridized carbons (Fsp3) is 0.833. The molecule has 3 N–H and O–H groups in total. The maximum absolute atomic E-state index is 11.0. The van der Waals surface area contributed by atoms with Gasteiger partial charge in [-0.25, -0.2) is 4.79 Å². The Morgan fingerprint density at radius 1 is 1.39 bits per heavy atom. The van der Waals surface area contributed by atoms with Crippen LogP contribution in [0.15, 0.2) is 0 Å². The number of hydrogen-bond donors (Lipinski definition) is 3. The molecule has 1 heterocycles. The third kappa shape index (κ3) is 4.52. The lowest BCUT2D eigenvalue weighted by molar-refractivity contribution is -0.138. The standard InChI is InChI=1S/C12H22N2O4/c1-2-3-5-13-9-4-6-14(12(17)18)10(7-9)8-11(15)16/h9-10,13H,2-8H2,1H3,(H,15,16)(H,17,18). The van der Waals surface area contributed by atoms with Crippen LogP contribution in [0.4, 0.5) is 4.79 Å². The highest BCUT2D eigenvalue weighted by atomic mass is 16.4. The molecule has 0 bridgehead atoms. The summed E-state index contributed by atoms with van der Waals surface area (Å²) in [4.78, 5) is 23.0. The minimum Gasteiger partial charge on any atom is -0.481 e. The van der Waals surface area contributed by atoms with Gasteiger partial charge in [0.25, 0.3) is 0 Å². The number of nitrogens with one attached hydrogen (secondary N) is 1. The Balaban J connectivity index is 2.50. The van der Waals surface area contributed by atoms with E-state index in [1.54, 1.807) is 0 Å². The summed E-state index contributed by atoms with van der Waals surface area (Å²) in [5, 5.41) is 21.2. The first-order chi connectivity index (χ1) is 8.54. The van der Waals surface area contributed by atoms with Gasteiger partial charge in [-0.05, 0) is 25.8 Å². The summed E-state index contributed by atoms with van der Waals surface area (Å²) in [6, 6.07) is -0.177. The van der Waals surface area contributed by atoms with Crippen molar-refractivity contribution in [3.05, 3.63) is 0 Å². The lowest BCUT2D eigenvalue weighted by atomic mass is 9.95. The molecule has 0 aliphatic carbocycles. The summed E-state index contributed by atoms with van der Waals surface area (Å²) in [7, 11) is 0. The fourth-order valence-corrected chi connectivity index (χ4v) is 2.37. The average Bonchev–Trinajstić information content (AvgIpc) is 2.28. The molecule has 2 atom stereocenters. The van der Waals surface area contributed by atoms with Gasteiger partial charge >= 0.3 is 12.1 Å². The predicted molar refractivity (Wildman–Crippen MR) is 66.7 cm³/mol. The van der Waals surface area contributed by atoms with Gasteiger partial charge in [0.1, 0.15) is 0 Å². The summed E-state index contributed by atoms with van der Waals surface area (Å²) in [6.45, 7) is 3.44. The lowest BCUT2D eigenvalue weighted by Crippen LogP contribution is -2.51. The number of nitrogens with zero attached hydrogens (tertiary/aromatic N) is 1. The largest absolute Gasteiger partial charge is 0.481 e. The van der Waals surface area contributed by atoms with Gasteiger partial charge in [-0.15, -0.1) is 0 Å².